The number of rotatable bonds is 8. The van der Waals surface area contributed by atoms with E-state index in [1.165, 1.54) is 0 Å². The van der Waals surface area contributed by atoms with Crippen LogP contribution in [0.2, 0.25) is 10.0 Å². The maximum absolute atomic E-state index is 12.7. The van der Waals surface area contributed by atoms with E-state index in [2.05, 4.69) is 22.5 Å². The van der Waals surface area contributed by atoms with E-state index >= 15 is 0 Å². The molecule has 0 radical (unpaired) electrons. The van der Waals surface area contributed by atoms with Crippen LogP contribution in [-0.4, -0.2) is 62.3 Å². The standard InChI is InChI=1S/C27H30Cl2N4O5/c1-16-7-10-33(11-8-16)27(35)32-19-4-5-22(25(29)24(19)28)38-21-6-9-31-20-15-23(37-13-12-36-3)18(14-17(20)21)26(34)30-2/h4-6,9,14-16H,7-8,10-13H2,1-3H3,(H,30,34)(H,32,35). The number of methoxy groups -OCH3 is 1. The summed E-state index contributed by atoms with van der Waals surface area (Å²) in [6.07, 6.45) is 3.52. The summed E-state index contributed by atoms with van der Waals surface area (Å²) in [7, 11) is 3.11. The molecule has 0 spiro atoms. The number of nitrogens with one attached hydrogen (secondary N) is 2. The molecule has 2 N–H and O–H groups in total. The van der Waals surface area contributed by atoms with E-state index in [0.29, 0.717) is 59.3 Å². The Balaban J connectivity index is 1.59. The summed E-state index contributed by atoms with van der Waals surface area (Å²) in [5.41, 5.74) is 1.28. The number of halogens is 2. The van der Waals surface area contributed by atoms with Crippen molar-refractivity contribution in [1.29, 1.82) is 0 Å². The minimum atomic E-state index is -0.321. The van der Waals surface area contributed by atoms with E-state index in [1.54, 1.807) is 55.6 Å². The Kier molecular flexibility index (Phi) is 9.14. The minimum absolute atomic E-state index is 0.146. The zero-order chi connectivity index (χ0) is 27.2. The number of amides is 3. The van der Waals surface area contributed by atoms with Gasteiger partial charge < -0.3 is 29.7 Å². The van der Waals surface area contributed by atoms with Crippen molar-refractivity contribution in [2.75, 3.05) is 45.8 Å². The topological polar surface area (TPSA) is 102 Å². The SMILES string of the molecule is CNC(=O)c1cc2c(Oc3ccc(NC(=O)N4CCC(C)CC4)c(Cl)c3Cl)ccnc2cc1OCCOC. The molecule has 9 nitrogen and oxygen atoms in total. The zero-order valence-corrected chi connectivity index (χ0v) is 23.0. The number of urea groups is 1. The summed E-state index contributed by atoms with van der Waals surface area (Å²) >= 11 is 13.1. The van der Waals surface area contributed by atoms with Crippen LogP contribution in [0.15, 0.2) is 36.5 Å². The molecule has 4 rings (SSSR count). The number of carbonyl (C=O) groups is 2. The predicted molar refractivity (Wildman–Crippen MR) is 148 cm³/mol. The van der Waals surface area contributed by atoms with Gasteiger partial charge in [0.1, 0.15) is 28.9 Å². The average Bonchev–Trinajstić information content (AvgIpc) is 2.92. The number of piperidine rings is 1. The Bertz CT molecular complexity index is 1330. The molecule has 2 heterocycles. The van der Waals surface area contributed by atoms with Crippen molar-refractivity contribution >= 4 is 51.7 Å². The molecule has 1 aliphatic heterocycles. The van der Waals surface area contributed by atoms with Gasteiger partial charge in [0, 0.05) is 44.9 Å². The summed E-state index contributed by atoms with van der Waals surface area (Å²) in [6, 6.07) is 8.07. The summed E-state index contributed by atoms with van der Waals surface area (Å²) in [5, 5.41) is 6.36. The second-order valence-electron chi connectivity index (χ2n) is 9.04. The maximum atomic E-state index is 12.7. The van der Waals surface area contributed by atoms with E-state index in [1.807, 2.05) is 0 Å². The van der Waals surface area contributed by atoms with E-state index < -0.39 is 0 Å². The van der Waals surface area contributed by atoms with Crippen molar-refractivity contribution in [3.63, 3.8) is 0 Å². The van der Waals surface area contributed by atoms with E-state index in [9.17, 15) is 9.59 Å². The van der Waals surface area contributed by atoms with Crippen LogP contribution >= 0.6 is 23.2 Å². The van der Waals surface area contributed by atoms with Gasteiger partial charge in [-0.05, 0) is 43.0 Å². The van der Waals surface area contributed by atoms with Crippen LogP contribution in [-0.2, 0) is 4.74 Å². The fraction of sp³-hybridized carbons (Fsp3) is 0.370. The molecule has 0 atom stereocenters. The van der Waals surface area contributed by atoms with E-state index in [4.69, 9.17) is 37.4 Å². The molecule has 2 aromatic carbocycles. The first-order chi connectivity index (χ1) is 18.3. The molecule has 0 bridgehead atoms. The zero-order valence-electron chi connectivity index (χ0n) is 21.5. The van der Waals surface area contributed by atoms with Gasteiger partial charge in [-0.3, -0.25) is 9.78 Å². The van der Waals surface area contributed by atoms with Gasteiger partial charge in [0.25, 0.3) is 5.91 Å². The number of carbonyl (C=O) groups excluding carboxylic acids is 2. The number of nitrogens with zero attached hydrogens (tertiary/aromatic N) is 2. The van der Waals surface area contributed by atoms with Crippen LogP contribution in [0.4, 0.5) is 10.5 Å². The van der Waals surface area contributed by atoms with Crippen LogP contribution < -0.4 is 20.1 Å². The predicted octanol–water partition coefficient (Wildman–Crippen LogP) is 5.98. The number of hydrogen-bond donors (Lipinski definition) is 2. The highest BCUT2D eigenvalue weighted by Gasteiger charge is 2.22. The first kappa shape index (κ1) is 27.8. The summed E-state index contributed by atoms with van der Waals surface area (Å²) in [4.78, 5) is 31.5. The molecule has 0 saturated carbocycles. The van der Waals surface area contributed by atoms with Crippen molar-refractivity contribution < 1.29 is 23.8 Å². The second kappa shape index (κ2) is 12.5. The Morgan fingerprint density at radius 2 is 1.82 bits per heavy atom. The molecule has 11 heteroatoms. The summed E-state index contributed by atoms with van der Waals surface area (Å²) in [5.74, 6) is 1.37. The van der Waals surface area contributed by atoms with Crippen molar-refractivity contribution in [3.8, 4) is 17.2 Å². The Morgan fingerprint density at radius 1 is 1.05 bits per heavy atom. The quantitative estimate of drug-likeness (QED) is 0.328. The fourth-order valence-electron chi connectivity index (χ4n) is 4.14. The third kappa shape index (κ3) is 6.23. The van der Waals surface area contributed by atoms with Crippen molar-refractivity contribution in [2.45, 2.75) is 19.8 Å². The van der Waals surface area contributed by atoms with Crippen molar-refractivity contribution in [1.82, 2.24) is 15.2 Å². The third-order valence-electron chi connectivity index (χ3n) is 6.40. The second-order valence-corrected chi connectivity index (χ2v) is 9.79. The molecular weight excluding hydrogens is 531 g/mol. The lowest BCUT2D eigenvalue weighted by atomic mass is 10.00. The molecular formula is C27H30Cl2N4O5. The van der Waals surface area contributed by atoms with Gasteiger partial charge in [0.2, 0.25) is 0 Å². The van der Waals surface area contributed by atoms with Crippen LogP contribution in [0.25, 0.3) is 10.9 Å². The molecule has 1 saturated heterocycles. The van der Waals surface area contributed by atoms with Crippen LogP contribution in [0, 0.1) is 5.92 Å². The Morgan fingerprint density at radius 3 is 2.53 bits per heavy atom. The smallest absolute Gasteiger partial charge is 0.321 e. The van der Waals surface area contributed by atoms with Crippen molar-refractivity contribution in [2.24, 2.45) is 5.92 Å². The van der Waals surface area contributed by atoms with E-state index in [0.717, 1.165) is 12.8 Å². The number of benzene rings is 2. The number of likely N-dealkylation sites (tertiary alicyclic amines) is 1. The Hall–Kier alpha value is -3.27. The molecule has 0 aliphatic carbocycles. The normalized spacial score (nSPS) is 13.9. The lowest BCUT2D eigenvalue weighted by molar-refractivity contribution is 0.0955. The largest absolute Gasteiger partial charge is 0.490 e. The molecule has 38 heavy (non-hydrogen) atoms. The highest BCUT2D eigenvalue weighted by atomic mass is 35.5. The first-order valence-electron chi connectivity index (χ1n) is 12.3. The molecule has 202 valence electrons. The highest BCUT2D eigenvalue weighted by Crippen LogP contribution is 2.41. The first-order valence-corrected chi connectivity index (χ1v) is 13.1. The van der Waals surface area contributed by atoms with Gasteiger partial charge in [0.05, 0.1) is 28.4 Å². The molecule has 3 amide bonds. The van der Waals surface area contributed by atoms with Gasteiger partial charge in [-0.1, -0.05) is 30.1 Å². The Labute approximate surface area is 231 Å². The van der Waals surface area contributed by atoms with Gasteiger partial charge in [0.15, 0.2) is 0 Å². The lowest BCUT2D eigenvalue weighted by Crippen LogP contribution is -2.40. The summed E-state index contributed by atoms with van der Waals surface area (Å²) < 4.78 is 16.9. The van der Waals surface area contributed by atoms with Gasteiger partial charge in [-0.2, -0.15) is 0 Å². The van der Waals surface area contributed by atoms with Crippen LogP contribution in [0.3, 0.4) is 0 Å². The monoisotopic (exact) mass is 560 g/mol. The number of fused-ring (bicyclic) bond motifs is 1. The molecule has 1 aliphatic rings. The molecule has 1 fully saturated rings. The van der Waals surface area contributed by atoms with Crippen LogP contribution in [0.1, 0.15) is 30.1 Å². The van der Waals surface area contributed by atoms with E-state index in [-0.39, 0.29) is 34.3 Å². The number of hydrogen-bond acceptors (Lipinski definition) is 6. The van der Waals surface area contributed by atoms with Gasteiger partial charge in [-0.25, -0.2) is 4.79 Å². The minimum Gasteiger partial charge on any atom is -0.490 e. The third-order valence-corrected chi connectivity index (χ3v) is 7.26. The molecule has 3 aromatic rings. The maximum Gasteiger partial charge on any atom is 0.321 e. The average molecular weight is 561 g/mol. The number of anilines is 1. The lowest BCUT2D eigenvalue weighted by Gasteiger charge is -2.30. The highest BCUT2D eigenvalue weighted by molar-refractivity contribution is 6.44. The fourth-order valence-corrected chi connectivity index (χ4v) is 4.54. The van der Waals surface area contributed by atoms with Gasteiger partial charge in [-0.15, -0.1) is 0 Å². The van der Waals surface area contributed by atoms with Crippen molar-refractivity contribution in [3.05, 3.63) is 52.1 Å². The van der Waals surface area contributed by atoms with Crippen LogP contribution in [0.5, 0.6) is 17.2 Å². The number of pyridine rings is 1. The number of ether oxygens (including phenoxy) is 3. The molecule has 0 unspecified atom stereocenters. The summed E-state index contributed by atoms with van der Waals surface area (Å²) in [6.45, 7) is 4.23. The molecule has 1 aromatic heterocycles. The van der Waals surface area contributed by atoms with Gasteiger partial charge >= 0.3 is 6.03 Å². The number of aromatic nitrogens is 1.